The fraction of sp³-hybridized carbons (Fsp3) is 0.0833. The number of pyridine rings is 1. The Morgan fingerprint density at radius 2 is 1.83 bits per heavy atom. The van der Waals surface area contributed by atoms with E-state index in [2.05, 4.69) is 36.8 Å². The van der Waals surface area contributed by atoms with Crippen molar-refractivity contribution in [2.24, 2.45) is 5.73 Å². The van der Waals surface area contributed by atoms with Gasteiger partial charge in [0.2, 0.25) is 0 Å². The molecule has 18 heavy (non-hydrogen) atoms. The smallest absolute Gasteiger partial charge is 0.145 e. The van der Waals surface area contributed by atoms with Crippen molar-refractivity contribution in [3.05, 3.63) is 62.3 Å². The summed E-state index contributed by atoms with van der Waals surface area (Å²) in [5.74, 6) is -1.39. The van der Waals surface area contributed by atoms with Crippen LogP contribution in [0.2, 0.25) is 0 Å². The maximum Gasteiger partial charge on any atom is 0.145 e. The molecule has 1 aromatic carbocycles. The number of nitrogens with two attached hydrogens (primary N) is 1. The normalized spacial score (nSPS) is 12.5. The van der Waals surface area contributed by atoms with Gasteiger partial charge in [-0.1, -0.05) is 0 Å². The minimum atomic E-state index is -0.949. The van der Waals surface area contributed by atoms with Gasteiger partial charge in [0.1, 0.15) is 11.6 Å². The summed E-state index contributed by atoms with van der Waals surface area (Å²) in [6.45, 7) is 0. The van der Waals surface area contributed by atoms with Gasteiger partial charge in [-0.3, -0.25) is 4.98 Å². The van der Waals surface area contributed by atoms with Crippen LogP contribution in [0.15, 0.2) is 39.4 Å². The average molecular weight is 378 g/mol. The third kappa shape index (κ3) is 2.60. The van der Waals surface area contributed by atoms with Crippen LogP contribution in [-0.4, -0.2) is 4.98 Å². The van der Waals surface area contributed by atoms with Crippen LogP contribution in [0.1, 0.15) is 17.3 Å². The number of hydrogen-bond donors (Lipinski definition) is 1. The van der Waals surface area contributed by atoms with E-state index in [0.29, 0.717) is 5.69 Å². The van der Waals surface area contributed by atoms with Gasteiger partial charge < -0.3 is 5.73 Å². The zero-order chi connectivity index (χ0) is 13.3. The van der Waals surface area contributed by atoms with Gasteiger partial charge in [-0.05, 0) is 56.1 Å². The second-order valence-electron chi connectivity index (χ2n) is 3.64. The predicted octanol–water partition coefficient (Wildman–Crippen LogP) is 3.93. The number of hydrogen-bond acceptors (Lipinski definition) is 2. The Labute approximate surface area is 119 Å². The van der Waals surface area contributed by atoms with E-state index in [4.69, 9.17) is 5.73 Å². The molecule has 1 atom stereocenters. The standard InChI is InChI=1S/C12H8Br2F2N2/c13-6-1-4-9(18-5-6)12(17)10-8(15)3-2-7(14)11(10)16/h1-5,12H,17H2. The van der Waals surface area contributed by atoms with E-state index < -0.39 is 17.7 Å². The van der Waals surface area contributed by atoms with Gasteiger partial charge in [-0.2, -0.15) is 0 Å². The average Bonchev–Trinajstić information content (AvgIpc) is 2.35. The summed E-state index contributed by atoms with van der Waals surface area (Å²) in [7, 11) is 0. The van der Waals surface area contributed by atoms with Gasteiger partial charge in [-0.25, -0.2) is 8.78 Å². The highest BCUT2D eigenvalue weighted by atomic mass is 79.9. The number of aromatic nitrogens is 1. The molecular formula is C12H8Br2F2N2. The van der Waals surface area contributed by atoms with Crippen LogP contribution in [0, 0.1) is 11.6 Å². The molecule has 0 amide bonds. The highest BCUT2D eigenvalue weighted by Gasteiger charge is 2.21. The molecule has 0 aliphatic rings. The Morgan fingerprint density at radius 3 is 2.44 bits per heavy atom. The number of halogens is 4. The van der Waals surface area contributed by atoms with Crippen molar-refractivity contribution in [3.63, 3.8) is 0 Å². The van der Waals surface area contributed by atoms with Crippen molar-refractivity contribution in [1.82, 2.24) is 4.98 Å². The molecule has 0 aliphatic carbocycles. The van der Waals surface area contributed by atoms with Crippen LogP contribution >= 0.6 is 31.9 Å². The summed E-state index contributed by atoms with van der Waals surface area (Å²) in [5.41, 5.74) is 6.06. The number of rotatable bonds is 2. The first-order valence-electron chi connectivity index (χ1n) is 5.01. The maximum absolute atomic E-state index is 13.9. The molecule has 0 aliphatic heterocycles. The zero-order valence-corrected chi connectivity index (χ0v) is 12.2. The maximum atomic E-state index is 13.9. The topological polar surface area (TPSA) is 38.9 Å². The first-order valence-corrected chi connectivity index (χ1v) is 6.59. The Kier molecular flexibility index (Phi) is 4.09. The number of benzene rings is 1. The third-order valence-electron chi connectivity index (χ3n) is 2.46. The molecule has 2 N–H and O–H groups in total. The SMILES string of the molecule is NC(c1ccc(Br)cn1)c1c(F)ccc(Br)c1F. The highest BCUT2D eigenvalue weighted by molar-refractivity contribution is 9.10. The van der Waals surface area contributed by atoms with Crippen LogP contribution in [0.4, 0.5) is 8.78 Å². The number of nitrogens with zero attached hydrogens (tertiary/aromatic N) is 1. The molecule has 2 aromatic rings. The van der Waals surface area contributed by atoms with Gasteiger partial charge in [0.05, 0.1) is 16.2 Å². The molecule has 6 heteroatoms. The molecule has 2 rings (SSSR count). The quantitative estimate of drug-likeness (QED) is 0.805. The molecule has 2 nitrogen and oxygen atoms in total. The van der Waals surface area contributed by atoms with Gasteiger partial charge in [0.15, 0.2) is 0 Å². The highest BCUT2D eigenvalue weighted by Crippen LogP contribution is 2.28. The Hall–Kier alpha value is -0.850. The lowest BCUT2D eigenvalue weighted by molar-refractivity contribution is 0.537. The second-order valence-corrected chi connectivity index (χ2v) is 5.41. The van der Waals surface area contributed by atoms with Crippen LogP contribution in [0.25, 0.3) is 0 Å². The van der Waals surface area contributed by atoms with Gasteiger partial charge in [-0.15, -0.1) is 0 Å². The molecule has 1 heterocycles. The van der Waals surface area contributed by atoms with Crippen molar-refractivity contribution in [3.8, 4) is 0 Å². The molecule has 94 valence electrons. The molecule has 0 saturated heterocycles. The Morgan fingerprint density at radius 1 is 1.11 bits per heavy atom. The molecule has 0 spiro atoms. The van der Waals surface area contributed by atoms with Crippen molar-refractivity contribution < 1.29 is 8.78 Å². The van der Waals surface area contributed by atoms with Gasteiger partial charge in [0, 0.05) is 16.2 Å². The summed E-state index contributed by atoms with van der Waals surface area (Å²) in [6, 6.07) is 4.86. The molecule has 0 bridgehead atoms. The van der Waals surface area contributed by atoms with E-state index in [1.165, 1.54) is 18.3 Å². The lowest BCUT2D eigenvalue weighted by Crippen LogP contribution is -2.17. The molecule has 1 unspecified atom stereocenters. The van der Waals surface area contributed by atoms with E-state index in [-0.39, 0.29) is 10.0 Å². The van der Waals surface area contributed by atoms with Crippen molar-refractivity contribution >= 4 is 31.9 Å². The van der Waals surface area contributed by atoms with Crippen molar-refractivity contribution in [1.29, 1.82) is 0 Å². The molecule has 0 saturated carbocycles. The van der Waals surface area contributed by atoms with Crippen molar-refractivity contribution in [2.75, 3.05) is 0 Å². The monoisotopic (exact) mass is 376 g/mol. The molecule has 0 radical (unpaired) electrons. The third-order valence-corrected chi connectivity index (χ3v) is 3.54. The summed E-state index contributed by atoms with van der Waals surface area (Å²) < 4.78 is 28.5. The van der Waals surface area contributed by atoms with Crippen LogP contribution in [0.5, 0.6) is 0 Å². The predicted molar refractivity (Wildman–Crippen MR) is 72.0 cm³/mol. The van der Waals surface area contributed by atoms with E-state index in [1.807, 2.05) is 0 Å². The minimum absolute atomic E-state index is 0.173. The van der Waals surface area contributed by atoms with E-state index in [0.717, 1.165) is 4.47 Å². The summed E-state index contributed by atoms with van der Waals surface area (Å²) >= 11 is 6.24. The first kappa shape index (κ1) is 13.6. The first-order chi connectivity index (χ1) is 8.50. The zero-order valence-electron chi connectivity index (χ0n) is 9.00. The fourth-order valence-corrected chi connectivity index (χ4v) is 2.13. The lowest BCUT2D eigenvalue weighted by atomic mass is 10.0. The fourth-order valence-electron chi connectivity index (χ4n) is 1.55. The summed E-state index contributed by atoms with van der Waals surface area (Å²) in [4.78, 5) is 4.05. The Balaban J connectivity index is 2.49. The Bertz CT molecular complexity index is 573. The summed E-state index contributed by atoms with van der Waals surface area (Å²) in [6.07, 6.45) is 1.53. The largest absolute Gasteiger partial charge is 0.319 e. The van der Waals surface area contributed by atoms with Crippen LogP contribution < -0.4 is 5.73 Å². The molecule has 1 aromatic heterocycles. The van der Waals surface area contributed by atoms with Gasteiger partial charge in [0.25, 0.3) is 0 Å². The molecule has 0 fully saturated rings. The van der Waals surface area contributed by atoms with Crippen LogP contribution in [0.3, 0.4) is 0 Å². The van der Waals surface area contributed by atoms with E-state index in [1.54, 1.807) is 12.1 Å². The van der Waals surface area contributed by atoms with Crippen molar-refractivity contribution in [2.45, 2.75) is 6.04 Å². The van der Waals surface area contributed by atoms with E-state index in [9.17, 15) is 8.78 Å². The lowest BCUT2D eigenvalue weighted by Gasteiger charge is -2.14. The van der Waals surface area contributed by atoms with E-state index >= 15 is 0 Å². The molecular weight excluding hydrogens is 370 g/mol. The summed E-state index contributed by atoms with van der Waals surface area (Å²) in [5, 5.41) is 0. The van der Waals surface area contributed by atoms with Crippen LogP contribution in [-0.2, 0) is 0 Å². The minimum Gasteiger partial charge on any atom is -0.319 e. The second kappa shape index (κ2) is 5.42. The van der Waals surface area contributed by atoms with Gasteiger partial charge >= 0.3 is 0 Å².